The van der Waals surface area contributed by atoms with Gasteiger partial charge in [0.1, 0.15) is 11.6 Å². The molecule has 0 atom stereocenters. The number of ketones is 1. The summed E-state index contributed by atoms with van der Waals surface area (Å²) in [4.78, 5) is 11.1. The Morgan fingerprint density at radius 2 is 1.87 bits per heavy atom. The molecule has 3 nitrogen and oxygen atoms in total. The van der Waals surface area contributed by atoms with Gasteiger partial charge in [-0.2, -0.15) is 5.26 Å². The molecule has 1 N–H and O–H groups in total. The number of Topliss-reactive ketones (excluding diaryl/α,β-unsaturated/α-hetero) is 1. The number of hydrogen-bond acceptors (Lipinski definition) is 3. The summed E-state index contributed by atoms with van der Waals surface area (Å²) in [6.07, 6.45) is 0. The largest absolute Gasteiger partial charge is 0.358 e. The minimum atomic E-state index is -0.224. The van der Waals surface area contributed by atoms with Crippen LogP contribution >= 0.6 is 0 Å². The number of hydrogen-bond donors (Lipinski definition) is 1. The standard InChI is InChI=1S/C12H12N2O/c1-9(12(8-13)10(2)15)14-11-6-4-3-5-7-11/h3-7,14H,1-2H3. The fraction of sp³-hybridized carbons (Fsp3) is 0.167. The van der Waals surface area contributed by atoms with Crippen LogP contribution in [-0.2, 0) is 4.79 Å². The quantitative estimate of drug-likeness (QED) is 0.602. The van der Waals surface area contributed by atoms with Crippen molar-refractivity contribution < 1.29 is 4.79 Å². The van der Waals surface area contributed by atoms with Crippen LogP contribution in [0.2, 0.25) is 0 Å². The highest BCUT2D eigenvalue weighted by Gasteiger charge is 2.06. The monoisotopic (exact) mass is 200 g/mol. The van der Waals surface area contributed by atoms with E-state index in [1.165, 1.54) is 6.92 Å². The van der Waals surface area contributed by atoms with Gasteiger partial charge < -0.3 is 5.32 Å². The van der Waals surface area contributed by atoms with E-state index < -0.39 is 0 Å². The molecule has 0 saturated heterocycles. The van der Waals surface area contributed by atoms with Gasteiger partial charge in [0, 0.05) is 11.4 Å². The van der Waals surface area contributed by atoms with Gasteiger partial charge in [-0.25, -0.2) is 0 Å². The van der Waals surface area contributed by atoms with Crippen LogP contribution in [0.5, 0.6) is 0 Å². The van der Waals surface area contributed by atoms with Gasteiger partial charge in [0.2, 0.25) is 0 Å². The lowest BCUT2D eigenvalue weighted by molar-refractivity contribution is -0.113. The lowest BCUT2D eigenvalue weighted by atomic mass is 10.1. The van der Waals surface area contributed by atoms with E-state index in [-0.39, 0.29) is 11.4 Å². The summed E-state index contributed by atoms with van der Waals surface area (Å²) in [5.74, 6) is -0.224. The van der Waals surface area contributed by atoms with Gasteiger partial charge in [-0.15, -0.1) is 0 Å². The van der Waals surface area contributed by atoms with Crippen LogP contribution in [0.4, 0.5) is 5.69 Å². The Labute approximate surface area is 89.0 Å². The number of nitriles is 1. The minimum Gasteiger partial charge on any atom is -0.358 e. The van der Waals surface area contributed by atoms with Crippen molar-refractivity contribution in [2.45, 2.75) is 13.8 Å². The molecule has 0 aliphatic carbocycles. The van der Waals surface area contributed by atoms with Crippen LogP contribution in [0.3, 0.4) is 0 Å². The number of allylic oxidation sites excluding steroid dienone is 2. The lowest BCUT2D eigenvalue weighted by Gasteiger charge is -2.07. The number of carbonyl (C=O) groups is 1. The van der Waals surface area contributed by atoms with Crippen LogP contribution in [0.1, 0.15) is 13.8 Å². The number of para-hydroxylation sites is 1. The SMILES string of the molecule is CC(=O)C(C#N)=C(C)Nc1ccccc1. The van der Waals surface area contributed by atoms with E-state index in [4.69, 9.17) is 5.26 Å². The second-order valence-electron chi connectivity index (χ2n) is 3.16. The van der Waals surface area contributed by atoms with E-state index in [1.54, 1.807) is 6.92 Å². The van der Waals surface area contributed by atoms with Crippen molar-refractivity contribution in [1.82, 2.24) is 0 Å². The molecule has 0 spiro atoms. The average molecular weight is 200 g/mol. The highest BCUT2D eigenvalue weighted by molar-refractivity contribution is 5.98. The van der Waals surface area contributed by atoms with E-state index in [2.05, 4.69) is 5.32 Å². The molecule has 76 valence electrons. The molecule has 0 aliphatic rings. The van der Waals surface area contributed by atoms with Gasteiger partial charge in [-0.3, -0.25) is 4.79 Å². The summed E-state index contributed by atoms with van der Waals surface area (Å²) in [5, 5.41) is 11.8. The molecule has 1 rings (SSSR count). The van der Waals surface area contributed by atoms with E-state index >= 15 is 0 Å². The van der Waals surface area contributed by atoms with Crippen molar-refractivity contribution in [3.63, 3.8) is 0 Å². The molecule has 1 aromatic carbocycles. The fourth-order valence-electron chi connectivity index (χ4n) is 1.23. The Hall–Kier alpha value is -2.08. The molecule has 0 saturated carbocycles. The smallest absolute Gasteiger partial charge is 0.172 e. The maximum atomic E-state index is 11.1. The van der Waals surface area contributed by atoms with Crippen molar-refractivity contribution >= 4 is 11.5 Å². The number of anilines is 1. The van der Waals surface area contributed by atoms with E-state index in [1.807, 2.05) is 36.4 Å². The molecule has 0 fully saturated rings. The van der Waals surface area contributed by atoms with Crippen LogP contribution < -0.4 is 5.32 Å². The molecular weight excluding hydrogens is 188 g/mol. The Morgan fingerprint density at radius 1 is 1.27 bits per heavy atom. The van der Waals surface area contributed by atoms with E-state index in [0.717, 1.165) is 5.69 Å². The van der Waals surface area contributed by atoms with Gasteiger partial charge in [0.05, 0.1) is 0 Å². The summed E-state index contributed by atoms with van der Waals surface area (Å²) in [6, 6.07) is 11.3. The van der Waals surface area contributed by atoms with Gasteiger partial charge in [0.25, 0.3) is 0 Å². The Bertz CT molecular complexity index is 427. The summed E-state index contributed by atoms with van der Waals surface area (Å²) < 4.78 is 0. The van der Waals surface area contributed by atoms with Crippen molar-refractivity contribution in [1.29, 1.82) is 5.26 Å². The highest BCUT2D eigenvalue weighted by atomic mass is 16.1. The van der Waals surface area contributed by atoms with Crippen LogP contribution in [0.15, 0.2) is 41.6 Å². The van der Waals surface area contributed by atoms with Gasteiger partial charge in [0.15, 0.2) is 5.78 Å². The molecule has 0 radical (unpaired) electrons. The van der Waals surface area contributed by atoms with Gasteiger partial charge in [-0.05, 0) is 26.0 Å². The third-order valence-corrected chi connectivity index (χ3v) is 1.94. The van der Waals surface area contributed by atoms with Crippen LogP contribution in [0.25, 0.3) is 0 Å². The Balaban J connectivity index is 2.92. The van der Waals surface area contributed by atoms with E-state index in [9.17, 15) is 4.79 Å². The molecule has 0 aliphatic heterocycles. The molecule has 0 unspecified atom stereocenters. The number of carbonyl (C=O) groups excluding carboxylic acids is 1. The maximum Gasteiger partial charge on any atom is 0.172 e. The lowest BCUT2D eigenvalue weighted by Crippen LogP contribution is -2.04. The molecular formula is C12H12N2O. The van der Waals surface area contributed by atoms with Gasteiger partial charge in [-0.1, -0.05) is 18.2 Å². The second kappa shape index (κ2) is 4.97. The fourth-order valence-corrected chi connectivity index (χ4v) is 1.23. The number of nitrogens with one attached hydrogen (secondary N) is 1. The Morgan fingerprint density at radius 3 is 2.33 bits per heavy atom. The molecule has 0 heterocycles. The van der Waals surface area contributed by atoms with Crippen molar-refractivity contribution in [3.05, 3.63) is 41.6 Å². The van der Waals surface area contributed by atoms with Crippen molar-refractivity contribution in [3.8, 4) is 6.07 Å². The van der Waals surface area contributed by atoms with Crippen LogP contribution in [-0.4, -0.2) is 5.78 Å². The highest BCUT2D eigenvalue weighted by Crippen LogP contribution is 2.11. The predicted molar refractivity (Wildman–Crippen MR) is 59.1 cm³/mol. The molecule has 15 heavy (non-hydrogen) atoms. The first-order valence-corrected chi connectivity index (χ1v) is 4.59. The molecule has 3 heteroatoms. The average Bonchev–Trinajstić information content (AvgIpc) is 2.19. The molecule has 0 aromatic heterocycles. The zero-order valence-corrected chi connectivity index (χ0v) is 8.74. The molecule has 0 bridgehead atoms. The summed E-state index contributed by atoms with van der Waals surface area (Å²) >= 11 is 0. The zero-order valence-electron chi connectivity index (χ0n) is 8.74. The first-order valence-electron chi connectivity index (χ1n) is 4.59. The second-order valence-corrected chi connectivity index (χ2v) is 3.16. The van der Waals surface area contributed by atoms with Crippen molar-refractivity contribution in [2.24, 2.45) is 0 Å². The number of benzene rings is 1. The predicted octanol–water partition coefficient (Wildman–Crippen LogP) is 2.49. The third-order valence-electron chi connectivity index (χ3n) is 1.94. The number of nitrogens with zero attached hydrogens (tertiary/aromatic N) is 1. The van der Waals surface area contributed by atoms with Gasteiger partial charge >= 0.3 is 0 Å². The summed E-state index contributed by atoms with van der Waals surface area (Å²) in [7, 11) is 0. The topological polar surface area (TPSA) is 52.9 Å². The summed E-state index contributed by atoms with van der Waals surface area (Å²) in [5.41, 5.74) is 1.61. The normalized spacial score (nSPS) is 11.3. The number of rotatable bonds is 3. The third kappa shape index (κ3) is 2.96. The molecule has 0 amide bonds. The minimum absolute atomic E-state index is 0.166. The molecule has 1 aromatic rings. The maximum absolute atomic E-state index is 11.1. The van der Waals surface area contributed by atoms with Crippen LogP contribution in [0, 0.1) is 11.3 Å². The van der Waals surface area contributed by atoms with E-state index in [0.29, 0.717) is 5.70 Å². The first kappa shape index (κ1) is 11.0. The Kier molecular flexibility index (Phi) is 3.64. The summed E-state index contributed by atoms with van der Waals surface area (Å²) in [6.45, 7) is 3.10. The zero-order chi connectivity index (χ0) is 11.3. The van der Waals surface area contributed by atoms with Crippen molar-refractivity contribution in [2.75, 3.05) is 5.32 Å². The first-order chi connectivity index (χ1) is 7.15.